The Bertz CT molecular complexity index is 298. The first-order chi connectivity index (χ1) is 5.13. The molecule has 0 aliphatic rings. The molecule has 0 aliphatic heterocycles. The Labute approximate surface area is 62.8 Å². The van der Waals surface area contributed by atoms with Gasteiger partial charge in [0.2, 0.25) is 0 Å². The molecule has 1 amide bonds. The fourth-order valence-electron chi connectivity index (χ4n) is 0.740. The van der Waals surface area contributed by atoms with Crippen molar-refractivity contribution < 1.29 is 9.18 Å². The molecule has 0 spiro atoms. The lowest BCUT2D eigenvalue weighted by Gasteiger charge is -1.99. The number of nitrogens with two attached hydrogens (primary N) is 2. The second-order valence-electron chi connectivity index (χ2n) is 2.07. The molecule has 0 aromatic heterocycles. The minimum Gasteiger partial charge on any atom is -0.396 e. The molecule has 0 bridgehead atoms. The van der Waals surface area contributed by atoms with Crippen molar-refractivity contribution in [1.29, 1.82) is 0 Å². The van der Waals surface area contributed by atoms with E-state index >= 15 is 0 Å². The Morgan fingerprint density at radius 2 is 2.09 bits per heavy atom. The molecule has 4 N–H and O–H groups in total. The van der Waals surface area contributed by atoms with Gasteiger partial charge in [0.1, 0.15) is 0 Å². The maximum Gasteiger partial charge on any atom is 0.251 e. The van der Waals surface area contributed by atoms with E-state index in [-0.39, 0.29) is 11.3 Å². The van der Waals surface area contributed by atoms with Gasteiger partial charge in [-0.3, -0.25) is 4.79 Å². The highest BCUT2D eigenvalue weighted by Crippen LogP contribution is 2.13. The predicted molar refractivity (Wildman–Crippen MR) is 39.3 cm³/mol. The largest absolute Gasteiger partial charge is 0.396 e. The van der Waals surface area contributed by atoms with Crippen LogP contribution in [-0.4, -0.2) is 5.91 Å². The first kappa shape index (κ1) is 7.53. The SMILES string of the molecule is NC(=O)c1cccc(N)c1F. The second-order valence-corrected chi connectivity index (χ2v) is 2.07. The second kappa shape index (κ2) is 2.57. The zero-order chi connectivity index (χ0) is 8.43. The summed E-state index contributed by atoms with van der Waals surface area (Å²) in [6.07, 6.45) is 0. The van der Waals surface area contributed by atoms with Crippen molar-refractivity contribution in [2.45, 2.75) is 0 Å². The number of primary amides is 1. The maximum absolute atomic E-state index is 12.8. The maximum atomic E-state index is 12.8. The smallest absolute Gasteiger partial charge is 0.251 e. The van der Waals surface area contributed by atoms with Crippen molar-refractivity contribution in [3.63, 3.8) is 0 Å². The van der Waals surface area contributed by atoms with Gasteiger partial charge in [0.05, 0.1) is 11.3 Å². The highest BCUT2D eigenvalue weighted by Gasteiger charge is 2.08. The number of carbonyl (C=O) groups excluding carboxylic acids is 1. The molecule has 11 heavy (non-hydrogen) atoms. The van der Waals surface area contributed by atoms with Crippen molar-refractivity contribution in [2.24, 2.45) is 5.73 Å². The van der Waals surface area contributed by atoms with Crippen molar-refractivity contribution in [3.8, 4) is 0 Å². The minimum absolute atomic E-state index is 0.0682. The highest BCUT2D eigenvalue weighted by molar-refractivity contribution is 5.93. The molecular formula is C7H7FN2O. The number of halogens is 1. The number of carbonyl (C=O) groups is 1. The lowest BCUT2D eigenvalue weighted by molar-refractivity contribution is 0.0996. The van der Waals surface area contributed by atoms with Gasteiger partial charge in [-0.1, -0.05) is 6.07 Å². The molecule has 0 fully saturated rings. The number of rotatable bonds is 1. The first-order valence-corrected chi connectivity index (χ1v) is 2.96. The van der Waals surface area contributed by atoms with Crippen LogP contribution in [0.25, 0.3) is 0 Å². The summed E-state index contributed by atoms with van der Waals surface area (Å²) >= 11 is 0. The van der Waals surface area contributed by atoms with Crippen molar-refractivity contribution >= 4 is 11.6 Å². The van der Waals surface area contributed by atoms with Crippen LogP contribution in [0.5, 0.6) is 0 Å². The quantitative estimate of drug-likeness (QED) is 0.578. The normalized spacial score (nSPS) is 9.55. The van der Waals surface area contributed by atoms with Gasteiger partial charge in [0.25, 0.3) is 5.91 Å². The molecule has 0 saturated carbocycles. The molecule has 1 aromatic carbocycles. The number of hydrogen-bond donors (Lipinski definition) is 2. The fraction of sp³-hybridized carbons (Fsp3) is 0. The summed E-state index contributed by atoms with van der Waals surface area (Å²) in [6.45, 7) is 0. The van der Waals surface area contributed by atoms with Crippen molar-refractivity contribution in [3.05, 3.63) is 29.6 Å². The molecule has 3 nitrogen and oxygen atoms in total. The summed E-state index contributed by atoms with van der Waals surface area (Å²) < 4.78 is 12.8. The fourth-order valence-corrected chi connectivity index (χ4v) is 0.740. The van der Waals surface area contributed by atoms with E-state index in [9.17, 15) is 9.18 Å². The highest BCUT2D eigenvalue weighted by atomic mass is 19.1. The summed E-state index contributed by atoms with van der Waals surface area (Å²) in [6, 6.07) is 4.12. The van der Waals surface area contributed by atoms with Crippen LogP contribution in [0.2, 0.25) is 0 Å². The summed E-state index contributed by atoms with van der Waals surface area (Å²) in [5, 5.41) is 0. The van der Waals surface area contributed by atoms with Crippen molar-refractivity contribution in [2.75, 3.05) is 5.73 Å². The molecule has 0 radical (unpaired) electrons. The standard InChI is InChI=1S/C7H7FN2O/c8-6-4(7(10)11)2-1-3-5(6)9/h1-3H,9H2,(H2,10,11). The third-order valence-corrected chi connectivity index (χ3v) is 1.29. The topological polar surface area (TPSA) is 69.1 Å². The van der Waals surface area contributed by atoms with E-state index in [1.54, 1.807) is 0 Å². The van der Waals surface area contributed by atoms with Crippen LogP contribution in [-0.2, 0) is 0 Å². The van der Waals surface area contributed by atoms with Gasteiger partial charge in [0.15, 0.2) is 5.82 Å². The monoisotopic (exact) mass is 154 g/mol. The van der Waals surface area contributed by atoms with E-state index in [0.717, 1.165) is 0 Å². The van der Waals surface area contributed by atoms with E-state index < -0.39 is 11.7 Å². The van der Waals surface area contributed by atoms with Gasteiger partial charge in [0, 0.05) is 0 Å². The molecule has 0 unspecified atom stereocenters. The Hall–Kier alpha value is -1.58. The molecule has 0 aliphatic carbocycles. The lowest BCUT2D eigenvalue weighted by atomic mass is 10.2. The van der Waals surface area contributed by atoms with Gasteiger partial charge >= 0.3 is 0 Å². The third-order valence-electron chi connectivity index (χ3n) is 1.29. The number of benzene rings is 1. The van der Waals surface area contributed by atoms with Gasteiger partial charge < -0.3 is 11.5 Å². The average Bonchev–Trinajstić information content (AvgIpc) is 1.94. The van der Waals surface area contributed by atoms with Crippen LogP contribution >= 0.6 is 0 Å². The average molecular weight is 154 g/mol. The Balaban J connectivity index is 3.27. The third kappa shape index (κ3) is 1.29. The van der Waals surface area contributed by atoms with Crippen LogP contribution < -0.4 is 11.5 Å². The Kier molecular flexibility index (Phi) is 1.76. The van der Waals surface area contributed by atoms with E-state index in [4.69, 9.17) is 11.5 Å². The van der Waals surface area contributed by atoms with Gasteiger partial charge in [-0.25, -0.2) is 4.39 Å². The van der Waals surface area contributed by atoms with Crippen LogP contribution in [0.1, 0.15) is 10.4 Å². The number of anilines is 1. The summed E-state index contributed by atoms with van der Waals surface area (Å²) in [4.78, 5) is 10.5. The Morgan fingerprint density at radius 3 is 2.55 bits per heavy atom. The number of nitrogen functional groups attached to an aromatic ring is 1. The molecule has 58 valence electrons. The summed E-state index contributed by atoms with van der Waals surface area (Å²) in [5.41, 5.74) is 9.78. The summed E-state index contributed by atoms with van der Waals surface area (Å²) in [5.74, 6) is -1.56. The minimum atomic E-state index is -0.810. The predicted octanol–water partition coefficient (Wildman–Crippen LogP) is 0.507. The number of hydrogen-bond acceptors (Lipinski definition) is 2. The van der Waals surface area contributed by atoms with E-state index in [2.05, 4.69) is 0 Å². The van der Waals surface area contributed by atoms with Crippen LogP contribution in [0, 0.1) is 5.82 Å². The van der Waals surface area contributed by atoms with Crippen LogP contribution in [0.3, 0.4) is 0 Å². The zero-order valence-corrected chi connectivity index (χ0v) is 5.67. The van der Waals surface area contributed by atoms with E-state index in [1.165, 1.54) is 18.2 Å². The van der Waals surface area contributed by atoms with Crippen LogP contribution in [0.4, 0.5) is 10.1 Å². The van der Waals surface area contributed by atoms with Crippen LogP contribution in [0.15, 0.2) is 18.2 Å². The van der Waals surface area contributed by atoms with Crippen molar-refractivity contribution in [1.82, 2.24) is 0 Å². The number of amides is 1. The zero-order valence-electron chi connectivity index (χ0n) is 5.67. The molecule has 1 rings (SSSR count). The van der Waals surface area contributed by atoms with E-state index in [0.29, 0.717) is 0 Å². The molecular weight excluding hydrogens is 147 g/mol. The Morgan fingerprint density at radius 1 is 1.45 bits per heavy atom. The molecule has 4 heteroatoms. The lowest BCUT2D eigenvalue weighted by Crippen LogP contribution is -2.13. The molecule has 0 atom stereocenters. The first-order valence-electron chi connectivity index (χ1n) is 2.96. The molecule has 0 heterocycles. The summed E-state index contributed by atoms with van der Waals surface area (Å²) in [7, 11) is 0. The molecule has 0 saturated heterocycles. The van der Waals surface area contributed by atoms with Gasteiger partial charge in [-0.05, 0) is 12.1 Å². The molecule has 1 aromatic rings. The van der Waals surface area contributed by atoms with E-state index in [1.807, 2.05) is 0 Å². The van der Waals surface area contributed by atoms with Gasteiger partial charge in [-0.15, -0.1) is 0 Å². The van der Waals surface area contributed by atoms with Gasteiger partial charge in [-0.2, -0.15) is 0 Å².